The van der Waals surface area contributed by atoms with Gasteiger partial charge in [-0.05, 0) is 12.1 Å². The van der Waals surface area contributed by atoms with Crippen molar-refractivity contribution in [2.24, 2.45) is 0 Å². The Labute approximate surface area is 125 Å². The molecule has 0 amide bonds. The Morgan fingerprint density at radius 1 is 1.37 bits per heavy atom. The van der Waals surface area contributed by atoms with E-state index in [1.165, 1.54) is 11.8 Å². The van der Waals surface area contributed by atoms with E-state index in [1.54, 1.807) is 0 Å². The van der Waals surface area contributed by atoms with Crippen LogP contribution in [0.25, 0.3) is 11.4 Å². The fourth-order valence-corrected chi connectivity index (χ4v) is 2.50. The Morgan fingerprint density at radius 3 is 2.74 bits per heavy atom. The topological polar surface area (TPSA) is 30.7 Å². The van der Waals surface area contributed by atoms with Crippen LogP contribution in [0.2, 0.25) is 0 Å². The quantitative estimate of drug-likeness (QED) is 0.475. The predicted octanol–water partition coefficient (Wildman–Crippen LogP) is 3.62. The number of rotatable bonds is 5. The van der Waals surface area contributed by atoms with Crippen LogP contribution in [0, 0.1) is 12.3 Å². The van der Waals surface area contributed by atoms with E-state index in [9.17, 15) is 0 Å². The van der Waals surface area contributed by atoms with Gasteiger partial charge in [-0.2, -0.15) is 0 Å². The monoisotopic (exact) mass is 333 g/mol. The minimum atomic E-state index is 0.579. The molecule has 2 rings (SSSR count). The summed E-state index contributed by atoms with van der Waals surface area (Å²) < 4.78 is 3.05. The molecule has 5 heteroatoms. The number of terminal acetylenes is 1. The number of benzene rings is 1. The van der Waals surface area contributed by atoms with Crippen molar-refractivity contribution < 1.29 is 0 Å². The molecule has 19 heavy (non-hydrogen) atoms. The van der Waals surface area contributed by atoms with E-state index in [4.69, 9.17) is 6.42 Å². The molecule has 0 saturated carbocycles. The summed E-state index contributed by atoms with van der Waals surface area (Å²) in [5, 5.41) is 9.26. The standard InChI is InChI=1S/C14H12BrN3S/c1-3-9-18-13(11-5-7-12(15)8-6-11)16-17-14(18)19-10-4-2/h2-3,5-8H,1,9-10H2. The zero-order valence-electron chi connectivity index (χ0n) is 10.2. The van der Waals surface area contributed by atoms with Gasteiger partial charge in [0.05, 0.1) is 5.75 Å². The molecule has 0 N–H and O–H groups in total. The highest BCUT2D eigenvalue weighted by Crippen LogP contribution is 2.25. The summed E-state index contributed by atoms with van der Waals surface area (Å²) in [6.07, 6.45) is 7.11. The van der Waals surface area contributed by atoms with E-state index < -0.39 is 0 Å². The van der Waals surface area contributed by atoms with Gasteiger partial charge in [0.1, 0.15) is 0 Å². The molecule has 0 atom stereocenters. The molecule has 0 saturated heterocycles. The third-order valence-corrected chi connectivity index (χ3v) is 3.82. The van der Waals surface area contributed by atoms with Gasteiger partial charge in [0.15, 0.2) is 11.0 Å². The minimum Gasteiger partial charge on any atom is -0.298 e. The summed E-state index contributed by atoms with van der Waals surface area (Å²) in [4.78, 5) is 0. The van der Waals surface area contributed by atoms with Gasteiger partial charge in [-0.1, -0.05) is 51.8 Å². The Kier molecular flexibility index (Phi) is 4.83. The number of nitrogens with zero attached hydrogens (tertiary/aromatic N) is 3. The van der Waals surface area contributed by atoms with Crippen molar-refractivity contribution in [3.05, 3.63) is 41.4 Å². The van der Waals surface area contributed by atoms with Crippen LogP contribution in [0.15, 0.2) is 46.5 Å². The summed E-state index contributed by atoms with van der Waals surface area (Å²) in [5.41, 5.74) is 1.02. The highest BCUT2D eigenvalue weighted by Gasteiger charge is 2.12. The van der Waals surface area contributed by atoms with Crippen LogP contribution in [0.1, 0.15) is 0 Å². The van der Waals surface area contributed by atoms with Crippen LogP contribution in [-0.2, 0) is 6.54 Å². The van der Waals surface area contributed by atoms with Crippen molar-refractivity contribution in [3.8, 4) is 23.7 Å². The summed E-state index contributed by atoms with van der Waals surface area (Å²) in [5.74, 6) is 4.00. The van der Waals surface area contributed by atoms with Gasteiger partial charge in [-0.15, -0.1) is 23.2 Å². The molecule has 0 aliphatic rings. The van der Waals surface area contributed by atoms with Gasteiger partial charge >= 0.3 is 0 Å². The molecule has 1 aromatic heterocycles. The Bertz CT molecular complexity index is 611. The van der Waals surface area contributed by atoms with Crippen LogP contribution >= 0.6 is 27.7 Å². The SMILES string of the molecule is C#CCSc1nnc(-c2ccc(Br)cc2)n1CC=C. The van der Waals surface area contributed by atoms with E-state index in [-0.39, 0.29) is 0 Å². The number of allylic oxidation sites excluding steroid dienone is 1. The van der Waals surface area contributed by atoms with E-state index >= 15 is 0 Å². The second kappa shape index (κ2) is 6.60. The van der Waals surface area contributed by atoms with E-state index in [1.807, 2.05) is 34.9 Å². The summed E-state index contributed by atoms with van der Waals surface area (Å²) >= 11 is 4.92. The molecule has 0 unspecified atom stereocenters. The summed E-state index contributed by atoms with van der Waals surface area (Å²) in [6, 6.07) is 7.97. The van der Waals surface area contributed by atoms with Crippen molar-refractivity contribution in [3.63, 3.8) is 0 Å². The number of thioether (sulfide) groups is 1. The average molecular weight is 334 g/mol. The smallest absolute Gasteiger partial charge is 0.192 e. The second-order valence-corrected chi connectivity index (χ2v) is 5.56. The molecule has 0 fully saturated rings. The Balaban J connectivity index is 2.39. The van der Waals surface area contributed by atoms with E-state index in [0.717, 1.165) is 21.0 Å². The van der Waals surface area contributed by atoms with Crippen LogP contribution in [0.5, 0.6) is 0 Å². The van der Waals surface area contributed by atoms with Crippen LogP contribution in [0.4, 0.5) is 0 Å². The number of aromatic nitrogens is 3. The number of hydrogen-bond donors (Lipinski definition) is 0. The molecular formula is C14H12BrN3S. The van der Waals surface area contributed by atoms with E-state index in [0.29, 0.717) is 12.3 Å². The zero-order chi connectivity index (χ0) is 13.7. The first-order chi connectivity index (χ1) is 9.26. The Morgan fingerprint density at radius 2 is 2.11 bits per heavy atom. The average Bonchev–Trinajstić information content (AvgIpc) is 2.81. The highest BCUT2D eigenvalue weighted by atomic mass is 79.9. The normalized spacial score (nSPS) is 10.1. The van der Waals surface area contributed by atoms with Crippen molar-refractivity contribution in [2.75, 3.05) is 5.75 Å². The lowest BCUT2D eigenvalue weighted by Gasteiger charge is -2.06. The van der Waals surface area contributed by atoms with Gasteiger partial charge in [0.25, 0.3) is 0 Å². The first-order valence-electron chi connectivity index (χ1n) is 5.62. The first-order valence-corrected chi connectivity index (χ1v) is 7.40. The van der Waals surface area contributed by atoms with Crippen molar-refractivity contribution in [1.29, 1.82) is 0 Å². The molecule has 96 valence electrons. The molecule has 0 spiro atoms. The van der Waals surface area contributed by atoms with Crippen molar-refractivity contribution >= 4 is 27.7 Å². The lowest BCUT2D eigenvalue weighted by molar-refractivity contribution is 0.732. The molecule has 0 aliphatic carbocycles. The van der Waals surface area contributed by atoms with Crippen LogP contribution < -0.4 is 0 Å². The lowest BCUT2D eigenvalue weighted by atomic mass is 10.2. The molecular weight excluding hydrogens is 322 g/mol. The maximum atomic E-state index is 5.28. The molecule has 0 radical (unpaired) electrons. The molecule has 1 aromatic carbocycles. The molecule has 2 aromatic rings. The molecule has 0 bridgehead atoms. The van der Waals surface area contributed by atoms with Gasteiger partial charge in [-0.3, -0.25) is 4.57 Å². The maximum Gasteiger partial charge on any atom is 0.192 e. The Hall–Kier alpha value is -1.51. The van der Waals surface area contributed by atoms with Gasteiger partial charge in [0.2, 0.25) is 0 Å². The number of halogens is 1. The fraction of sp³-hybridized carbons (Fsp3) is 0.143. The lowest BCUT2D eigenvalue weighted by Crippen LogP contribution is -2.00. The zero-order valence-corrected chi connectivity index (χ0v) is 12.6. The second-order valence-electron chi connectivity index (χ2n) is 3.71. The third-order valence-electron chi connectivity index (χ3n) is 2.42. The highest BCUT2D eigenvalue weighted by molar-refractivity contribution is 9.10. The first kappa shape index (κ1) is 13.9. The summed E-state index contributed by atoms with van der Waals surface area (Å²) in [7, 11) is 0. The summed E-state index contributed by atoms with van der Waals surface area (Å²) in [6.45, 7) is 4.43. The van der Waals surface area contributed by atoms with Gasteiger partial charge < -0.3 is 0 Å². The van der Waals surface area contributed by atoms with Gasteiger partial charge in [0, 0.05) is 16.6 Å². The number of hydrogen-bond acceptors (Lipinski definition) is 3. The van der Waals surface area contributed by atoms with Crippen molar-refractivity contribution in [1.82, 2.24) is 14.8 Å². The molecule has 3 nitrogen and oxygen atoms in total. The van der Waals surface area contributed by atoms with Crippen molar-refractivity contribution in [2.45, 2.75) is 11.7 Å². The fourth-order valence-electron chi connectivity index (χ4n) is 1.61. The largest absolute Gasteiger partial charge is 0.298 e. The van der Waals surface area contributed by atoms with Crippen LogP contribution in [-0.4, -0.2) is 20.5 Å². The molecule has 1 heterocycles. The third kappa shape index (κ3) is 3.28. The minimum absolute atomic E-state index is 0.579. The van der Waals surface area contributed by atoms with E-state index in [2.05, 4.69) is 38.6 Å². The molecule has 0 aliphatic heterocycles. The maximum absolute atomic E-state index is 5.28. The van der Waals surface area contributed by atoms with Gasteiger partial charge in [-0.25, -0.2) is 0 Å². The predicted molar refractivity (Wildman–Crippen MR) is 82.9 cm³/mol. The van der Waals surface area contributed by atoms with Crippen LogP contribution in [0.3, 0.4) is 0 Å².